The minimum atomic E-state index is 0.00216. The van der Waals surface area contributed by atoms with Crippen LogP contribution in [0.4, 0.5) is 5.13 Å². The standard InChI is InChI=1S/C23H28BrN3OS/c1-23(2,3)17-9-7-16(8-10-17)21(28)27(14-6-13-26(4)5)22-25-19-12-11-18(24)15-20(19)29-22/h7-12,15H,6,13-14H2,1-5H3. The molecule has 0 aliphatic carbocycles. The van der Waals surface area contributed by atoms with Crippen LogP contribution in [0.2, 0.25) is 0 Å². The fourth-order valence-corrected chi connectivity index (χ4v) is 4.64. The Morgan fingerprint density at radius 2 is 1.76 bits per heavy atom. The van der Waals surface area contributed by atoms with Gasteiger partial charge in [0.1, 0.15) is 0 Å². The van der Waals surface area contributed by atoms with Crippen LogP contribution in [0.15, 0.2) is 46.9 Å². The summed E-state index contributed by atoms with van der Waals surface area (Å²) in [5.41, 5.74) is 2.90. The smallest absolute Gasteiger partial charge is 0.260 e. The molecule has 2 aromatic carbocycles. The molecule has 0 saturated carbocycles. The topological polar surface area (TPSA) is 36.4 Å². The largest absolute Gasteiger partial charge is 0.309 e. The van der Waals surface area contributed by atoms with E-state index >= 15 is 0 Å². The van der Waals surface area contributed by atoms with Gasteiger partial charge >= 0.3 is 0 Å². The molecule has 0 bridgehead atoms. The molecule has 29 heavy (non-hydrogen) atoms. The number of aromatic nitrogens is 1. The Balaban J connectivity index is 1.92. The number of thiazole rings is 1. The molecule has 0 unspecified atom stereocenters. The average molecular weight is 474 g/mol. The lowest BCUT2D eigenvalue weighted by Gasteiger charge is -2.22. The van der Waals surface area contributed by atoms with Crippen molar-refractivity contribution in [2.75, 3.05) is 32.1 Å². The van der Waals surface area contributed by atoms with Gasteiger partial charge in [0.2, 0.25) is 0 Å². The Bertz CT molecular complexity index is 990. The van der Waals surface area contributed by atoms with Gasteiger partial charge in [0.25, 0.3) is 5.91 Å². The normalized spacial score (nSPS) is 12.0. The summed E-state index contributed by atoms with van der Waals surface area (Å²) in [5.74, 6) is 0.00216. The Hall–Kier alpha value is -1.76. The molecule has 0 saturated heterocycles. The summed E-state index contributed by atoms with van der Waals surface area (Å²) in [6, 6.07) is 14.0. The number of rotatable bonds is 6. The second-order valence-electron chi connectivity index (χ2n) is 8.55. The zero-order valence-corrected chi connectivity index (χ0v) is 20.1. The number of amides is 1. The number of carbonyl (C=O) groups excluding carboxylic acids is 1. The summed E-state index contributed by atoms with van der Waals surface area (Å²) in [6.45, 7) is 8.09. The number of halogens is 1. The third kappa shape index (κ3) is 5.44. The molecule has 0 atom stereocenters. The first-order valence-electron chi connectivity index (χ1n) is 9.78. The van der Waals surface area contributed by atoms with Crippen molar-refractivity contribution < 1.29 is 4.79 Å². The molecular formula is C23H28BrN3OS. The first-order chi connectivity index (χ1) is 13.6. The second-order valence-corrected chi connectivity index (χ2v) is 10.5. The highest BCUT2D eigenvalue weighted by molar-refractivity contribution is 9.10. The lowest BCUT2D eigenvalue weighted by molar-refractivity contribution is 0.0986. The van der Waals surface area contributed by atoms with Gasteiger partial charge in [-0.05, 0) is 68.4 Å². The number of nitrogens with zero attached hydrogens (tertiary/aromatic N) is 3. The summed E-state index contributed by atoms with van der Waals surface area (Å²) >= 11 is 5.08. The highest BCUT2D eigenvalue weighted by Crippen LogP contribution is 2.32. The molecule has 4 nitrogen and oxygen atoms in total. The minimum Gasteiger partial charge on any atom is -0.309 e. The summed E-state index contributed by atoms with van der Waals surface area (Å²) in [7, 11) is 4.10. The molecule has 154 valence electrons. The fourth-order valence-electron chi connectivity index (χ4n) is 3.10. The van der Waals surface area contributed by atoms with E-state index in [-0.39, 0.29) is 11.3 Å². The number of anilines is 1. The van der Waals surface area contributed by atoms with E-state index in [0.717, 1.165) is 32.8 Å². The number of carbonyl (C=O) groups is 1. The van der Waals surface area contributed by atoms with Crippen LogP contribution in [0, 0.1) is 0 Å². The summed E-state index contributed by atoms with van der Waals surface area (Å²) in [6.07, 6.45) is 0.887. The van der Waals surface area contributed by atoms with Gasteiger partial charge in [-0.25, -0.2) is 4.98 Å². The molecule has 0 fully saturated rings. The van der Waals surface area contributed by atoms with Gasteiger partial charge in [0, 0.05) is 16.6 Å². The molecule has 1 aromatic heterocycles. The van der Waals surface area contributed by atoms with E-state index in [4.69, 9.17) is 4.98 Å². The quantitative estimate of drug-likeness (QED) is 0.443. The number of hydrogen-bond acceptors (Lipinski definition) is 4. The zero-order valence-electron chi connectivity index (χ0n) is 17.7. The fraction of sp³-hybridized carbons (Fsp3) is 0.391. The second kappa shape index (κ2) is 8.94. The van der Waals surface area contributed by atoms with Crippen LogP contribution in [0.3, 0.4) is 0 Å². The van der Waals surface area contributed by atoms with Crippen LogP contribution in [0.5, 0.6) is 0 Å². The third-order valence-electron chi connectivity index (χ3n) is 4.80. The molecule has 0 spiro atoms. The zero-order chi connectivity index (χ0) is 21.2. The summed E-state index contributed by atoms with van der Waals surface area (Å²) < 4.78 is 2.09. The van der Waals surface area contributed by atoms with Crippen molar-refractivity contribution in [3.63, 3.8) is 0 Å². The van der Waals surface area contributed by atoms with Gasteiger partial charge in [-0.2, -0.15) is 0 Å². The Kier molecular flexibility index (Phi) is 6.76. The van der Waals surface area contributed by atoms with E-state index in [0.29, 0.717) is 12.1 Å². The van der Waals surface area contributed by atoms with E-state index in [9.17, 15) is 4.79 Å². The lowest BCUT2D eigenvalue weighted by atomic mass is 9.86. The maximum Gasteiger partial charge on any atom is 0.260 e. The number of benzene rings is 2. The van der Waals surface area contributed by atoms with Crippen LogP contribution in [0.1, 0.15) is 43.1 Å². The number of hydrogen-bond donors (Lipinski definition) is 0. The average Bonchev–Trinajstić information content (AvgIpc) is 3.06. The molecule has 3 rings (SSSR count). The first kappa shape index (κ1) is 21.9. The predicted octanol–water partition coefficient (Wildman–Crippen LogP) is 5.95. The van der Waals surface area contributed by atoms with Gasteiger partial charge in [0.15, 0.2) is 5.13 Å². The van der Waals surface area contributed by atoms with Crippen LogP contribution >= 0.6 is 27.3 Å². The highest BCUT2D eigenvalue weighted by atomic mass is 79.9. The van der Waals surface area contributed by atoms with Gasteiger partial charge in [-0.15, -0.1) is 0 Å². The first-order valence-corrected chi connectivity index (χ1v) is 11.4. The van der Waals surface area contributed by atoms with E-state index in [2.05, 4.69) is 59.8 Å². The third-order valence-corrected chi connectivity index (χ3v) is 6.33. The monoisotopic (exact) mass is 473 g/mol. The maximum absolute atomic E-state index is 13.4. The lowest BCUT2D eigenvalue weighted by Crippen LogP contribution is -2.33. The summed E-state index contributed by atoms with van der Waals surface area (Å²) in [4.78, 5) is 22.1. The van der Waals surface area contributed by atoms with Crippen molar-refractivity contribution >= 4 is 48.5 Å². The van der Waals surface area contributed by atoms with Crippen LogP contribution in [0.25, 0.3) is 10.2 Å². The molecule has 0 N–H and O–H groups in total. The Morgan fingerprint density at radius 3 is 2.38 bits per heavy atom. The SMILES string of the molecule is CN(C)CCCN(C(=O)c1ccc(C(C)(C)C)cc1)c1nc2ccc(Br)cc2s1. The van der Waals surface area contributed by atoms with Crippen LogP contribution in [-0.4, -0.2) is 43.0 Å². The molecule has 0 aliphatic rings. The highest BCUT2D eigenvalue weighted by Gasteiger charge is 2.22. The van der Waals surface area contributed by atoms with Crippen molar-refractivity contribution in [1.29, 1.82) is 0 Å². The van der Waals surface area contributed by atoms with Crippen molar-refractivity contribution in [3.05, 3.63) is 58.1 Å². The molecule has 1 heterocycles. The molecule has 6 heteroatoms. The van der Waals surface area contributed by atoms with E-state index in [1.54, 1.807) is 11.3 Å². The minimum absolute atomic E-state index is 0.00216. The maximum atomic E-state index is 13.4. The Labute approximate surface area is 185 Å². The molecule has 0 aliphatic heterocycles. The van der Waals surface area contributed by atoms with Gasteiger partial charge in [-0.3, -0.25) is 9.69 Å². The van der Waals surface area contributed by atoms with Crippen molar-refractivity contribution in [2.24, 2.45) is 0 Å². The van der Waals surface area contributed by atoms with Gasteiger partial charge < -0.3 is 4.90 Å². The molecule has 3 aromatic rings. The van der Waals surface area contributed by atoms with Crippen molar-refractivity contribution in [2.45, 2.75) is 32.6 Å². The van der Waals surface area contributed by atoms with Gasteiger partial charge in [0.05, 0.1) is 10.2 Å². The molecule has 0 radical (unpaired) electrons. The van der Waals surface area contributed by atoms with Crippen molar-refractivity contribution in [3.8, 4) is 0 Å². The predicted molar refractivity (Wildman–Crippen MR) is 127 cm³/mol. The summed E-state index contributed by atoms with van der Waals surface area (Å²) in [5, 5.41) is 0.752. The van der Waals surface area contributed by atoms with E-state index in [1.165, 1.54) is 5.56 Å². The van der Waals surface area contributed by atoms with Crippen molar-refractivity contribution in [1.82, 2.24) is 9.88 Å². The Morgan fingerprint density at radius 1 is 1.07 bits per heavy atom. The number of fused-ring (bicyclic) bond motifs is 1. The molecular weight excluding hydrogens is 446 g/mol. The van der Waals surface area contributed by atoms with E-state index < -0.39 is 0 Å². The van der Waals surface area contributed by atoms with Gasteiger partial charge in [-0.1, -0.05) is 60.2 Å². The van der Waals surface area contributed by atoms with E-state index in [1.807, 2.05) is 43.3 Å². The van der Waals surface area contributed by atoms with Crippen LogP contribution < -0.4 is 4.90 Å². The molecule has 1 amide bonds. The van der Waals surface area contributed by atoms with Crippen LogP contribution in [-0.2, 0) is 5.41 Å².